The number of hydrogen-bond donors (Lipinski definition) is 0. The molecular weight excluding hydrogens is 198 g/mol. The molecule has 1 aromatic rings. The van der Waals surface area contributed by atoms with Gasteiger partial charge < -0.3 is 14.7 Å². The van der Waals surface area contributed by atoms with Gasteiger partial charge in [0.15, 0.2) is 0 Å². The van der Waals surface area contributed by atoms with Crippen LogP contribution >= 0.6 is 0 Å². The molecule has 6 nitrogen and oxygen atoms in total. The molecule has 0 spiro atoms. The van der Waals surface area contributed by atoms with Crippen LogP contribution < -0.4 is 0 Å². The quantitative estimate of drug-likeness (QED) is 0.528. The summed E-state index contributed by atoms with van der Waals surface area (Å²) in [6.07, 6.45) is 4.54. The van der Waals surface area contributed by atoms with Gasteiger partial charge in [0.2, 0.25) is 6.33 Å². The number of nitro groups is 1. The molecule has 82 valence electrons. The highest BCUT2D eigenvalue weighted by atomic mass is 16.6. The molecule has 6 heteroatoms. The number of imidazole rings is 1. The van der Waals surface area contributed by atoms with Crippen molar-refractivity contribution in [1.29, 1.82) is 0 Å². The molecule has 1 aromatic heterocycles. The Labute approximate surface area is 87.1 Å². The lowest BCUT2D eigenvalue weighted by atomic mass is 10.2. The van der Waals surface area contributed by atoms with Crippen molar-refractivity contribution in [2.45, 2.75) is 32.7 Å². The van der Waals surface area contributed by atoms with Crippen molar-refractivity contribution in [2.75, 3.05) is 0 Å². The van der Waals surface area contributed by atoms with Crippen molar-refractivity contribution < 1.29 is 9.72 Å². The first kappa shape index (κ1) is 11.4. The number of Topliss-reactive ketones (excluding diaryl/α,β-unsaturated/α-hetero) is 1. The summed E-state index contributed by atoms with van der Waals surface area (Å²) in [7, 11) is 0. The fourth-order valence-electron chi connectivity index (χ4n) is 1.20. The van der Waals surface area contributed by atoms with Gasteiger partial charge >= 0.3 is 5.82 Å². The van der Waals surface area contributed by atoms with Crippen LogP contribution in [-0.4, -0.2) is 20.3 Å². The van der Waals surface area contributed by atoms with Gasteiger partial charge in [0.25, 0.3) is 0 Å². The van der Waals surface area contributed by atoms with Crippen LogP contribution in [0.3, 0.4) is 0 Å². The number of carbonyl (C=O) groups excluding carboxylic acids is 1. The van der Waals surface area contributed by atoms with Crippen molar-refractivity contribution in [2.24, 2.45) is 0 Å². The summed E-state index contributed by atoms with van der Waals surface area (Å²) in [5.41, 5.74) is 0. The van der Waals surface area contributed by atoms with E-state index in [1.54, 1.807) is 4.57 Å². The lowest BCUT2D eigenvalue weighted by Crippen LogP contribution is -2.00. The highest BCUT2D eigenvalue weighted by Crippen LogP contribution is 2.07. The monoisotopic (exact) mass is 211 g/mol. The molecular formula is C9H13N3O3. The van der Waals surface area contributed by atoms with Crippen LogP contribution in [0.25, 0.3) is 0 Å². The van der Waals surface area contributed by atoms with Crippen molar-refractivity contribution >= 4 is 11.6 Å². The molecule has 0 aliphatic heterocycles. The molecule has 0 radical (unpaired) electrons. The van der Waals surface area contributed by atoms with E-state index in [9.17, 15) is 14.9 Å². The first-order chi connectivity index (χ1) is 7.13. The van der Waals surface area contributed by atoms with Gasteiger partial charge in [0.05, 0.1) is 0 Å². The maximum atomic E-state index is 11.0. The zero-order valence-corrected chi connectivity index (χ0v) is 8.55. The molecule has 0 aliphatic rings. The first-order valence-electron chi connectivity index (χ1n) is 4.81. The number of aromatic nitrogens is 2. The van der Waals surface area contributed by atoms with E-state index in [1.807, 2.05) is 6.92 Å². The van der Waals surface area contributed by atoms with Crippen LogP contribution in [0.4, 0.5) is 5.82 Å². The predicted octanol–water partition coefficient (Wildman–Crippen LogP) is 1.55. The second-order valence-corrected chi connectivity index (χ2v) is 3.22. The normalized spacial score (nSPS) is 10.2. The molecule has 0 aromatic carbocycles. The molecule has 15 heavy (non-hydrogen) atoms. The maximum absolute atomic E-state index is 11.0. The van der Waals surface area contributed by atoms with E-state index in [0.29, 0.717) is 25.8 Å². The number of nitrogens with zero attached hydrogens (tertiary/aromatic N) is 3. The van der Waals surface area contributed by atoms with E-state index in [0.717, 1.165) is 0 Å². The molecule has 0 aliphatic carbocycles. The van der Waals surface area contributed by atoms with Gasteiger partial charge in [0, 0.05) is 19.4 Å². The fraction of sp³-hybridized carbons (Fsp3) is 0.556. The molecule has 1 rings (SSSR count). The van der Waals surface area contributed by atoms with Gasteiger partial charge in [-0.1, -0.05) is 6.92 Å². The van der Waals surface area contributed by atoms with Gasteiger partial charge in [0.1, 0.15) is 12.0 Å². The lowest BCUT2D eigenvalue weighted by molar-refractivity contribution is -0.389. The molecule has 1 heterocycles. The second-order valence-electron chi connectivity index (χ2n) is 3.22. The number of hydrogen-bond acceptors (Lipinski definition) is 4. The van der Waals surface area contributed by atoms with Crippen LogP contribution in [0.15, 0.2) is 12.5 Å². The van der Waals surface area contributed by atoms with Crippen LogP contribution in [0.2, 0.25) is 0 Å². The third kappa shape index (κ3) is 3.49. The van der Waals surface area contributed by atoms with Crippen LogP contribution in [0.5, 0.6) is 0 Å². The Morgan fingerprint density at radius 2 is 2.40 bits per heavy atom. The first-order valence-corrected chi connectivity index (χ1v) is 4.81. The smallest absolute Gasteiger partial charge is 0.358 e. The van der Waals surface area contributed by atoms with E-state index in [4.69, 9.17) is 0 Å². The number of aryl methyl sites for hydroxylation is 1. The van der Waals surface area contributed by atoms with Crippen molar-refractivity contribution in [3.05, 3.63) is 22.6 Å². The maximum Gasteiger partial charge on any atom is 0.381 e. The minimum Gasteiger partial charge on any atom is -0.358 e. The Morgan fingerprint density at radius 3 is 2.93 bits per heavy atom. The Morgan fingerprint density at radius 1 is 1.67 bits per heavy atom. The summed E-state index contributed by atoms with van der Waals surface area (Å²) in [4.78, 5) is 24.4. The van der Waals surface area contributed by atoms with Crippen molar-refractivity contribution in [3.8, 4) is 0 Å². The Bertz CT molecular complexity index is 359. The number of rotatable bonds is 6. The van der Waals surface area contributed by atoms with Crippen molar-refractivity contribution in [1.82, 2.24) is 9.55 Å². The molecule has 0 fully saturated rings. The number of carbonyl (C=O) groups is 1. The molecule has 0 amide bonds. The largest absolute Gasteiger partial charge is 0.381 e. The van der Waals surface area contributed by atoms with E-state index >= 15 is 0 Å². The summed E-state index contributed by atoms with van der Waals surface area (Å²) in [5, 5.41) is 10.3. The SMILES string of the molecule is CCC(=O)CCCn1cnc([N+](=O)[O-])c1. The van der Waals surface area contributed by atoms with Crippen LogP contribution in [-0.2, 0) is 11.3 Å². The summed E-state index contributed by atoms with van der Waals surface area (Å²) in [5.74, 6) is 0.0569. The zero-order chi connectivity index (χ0) is 11.3. The van der Waals surface area contributed by atoms with Crippen LogP contribution in [0, 0.1) is 10.1 Å². The second kappa shape index (κ2) is 5.23. The van der Waals surface area contributed by atoms with E-state index < -0.39 is 4.92 Å². The molecule has 0 atom stereocenters. The van der Waals surface area contributed by atoms with Gasteiger partial charge in [-0.05, 0) is 16.3 Å². The average molecular weight is 211 g/mol. The van der Waals surface area contributed by atoms with Crippen molar-refractivity contribution in [3.63, 3.8) is 0 Å². The summed E-state index contributed by atoms with van der Waals surface area (Å²) in [6, 6.07) is 0. The average Bonchev–Trinajstić information content (AvgIpc) is 2.66. The summed E-state index contributed by atoms with van der Waals surface area (Å²) in [6.45, 7) is 2.41. The van der Waals surface area contributed by atoms with Gasteiger partial charge in [-0.3, -0.25) is 4.79 Å². The Balaban J connectivity index is 2.38. The summed E-state index contributed by atoms with van der Waals surface area (Å²) < 4.78 is 1.63. The lowest BCUT2D eigenvalue weighted by Gasteiger charge is -1.98. The van der Waals surface area contributed by atoms with Gasteiger partial charge in [-0.25, -0.2) is 0 Å². The minimum atomic E-state index is -0.534. The van der Waals surface area contributed by atoms with Crippen LogP contribution in [0.1, 0.15) is 26.2 Å². The minimum absolute atomic E-state index is 0.156. The highest BCUT2D eigenvalue weighted by Gasteiger charge is 2.09. The third-order valence-corrected chi connectivity index (χ3v) is 2.07. The molecule has 0 bridgehead atoms. The predicted molar refractivity (Wildman–Crippen MR) is 53.4 cm³/mol. The Kier molecular flexibility index (Phi) is 3.96. The van der Waals surface area contributed by atoms with E-state index in [2.05, 4.69) is 4.98 Å². The number of ketones is 1. The topological polar surface area (TPSA) is 78.0 Å². The molecule has 0 saturated carbocycles. The fourth-order valence-corrected chi connectivity index (χ4v) is 1.20. The molecule has 0 saturated heterocycles. The Hall–Kier alpha value is -1.72. The third-order valence-electron chi connectivity index (χ3n) is 2.07. The zero-order valence-electron chi connectivity index (χ0n) is 8.55. The van der Waals surface area contributed by atoms with Gasteiger partial charge in [-0.15, -0.1) is 0 Å². The highest BCUT2D eigenvalue weighted by molar-refractivity contribution is 5.77. The van der Waals surface area contributed by atoms with E-state index in [-0.39, 0.29) is 11.6 Å². The standard InChI is InChI=1S/C9H13N3O3/c1-2-8(13)4-3-5-11-6-9(10-7-11)12(14)15/h6-7H,2-5H2,1H3. The summed E-state index contributed by atoms with van der Waals surface area (Å²) >= 11 is 0. The molecule has 0 N–H and O–H groups in total. The van der Waals surface area contributed by atoms with Gasteiger partial charge in [-0.2, -0.15) is 0 Å². The molecule has 0 unspecified atom stereocenters. The van der Waals surface area contributed by atoms with E-state index in [1.165, 1.54) is 12.5 Å².